The van der Waals surface area contributed by atoms with Gasteiger partial charge in [0, 0.05) is 50.7 Å². The molecule has 0 aromatic heterocycles. The first kappa shape index (κ1) is 18.5. The third kappa shape index (κ3) is 5.33. The van der Waals surface area contributed by atoms with E-state index in [-0.39, 0.29) is 0 Å². The van der Waals surface area contributed by atoms with E-state index < -0.39 is 0 Å². The number of nitrogens with two attached hydrogens (primary N) is 1. The maximum atomic E-state index is 5.96. The molecule has 0 saturated carbocycles. The first-order valence-corrected chi connectivity index (χ1v) is 9.79. The second kappa shape index (κ2) is 8.39. The van der Waals surface area contributed by atoms with Gasteiger partial charge in [0.25, 0.3) is 0 Å². The SMILES string of the molecule is C[N+]1(C)CCN(CCCOCCN2CCCc3ccc(N)cc32)CC1. The maximum absolute atomic E-state index is 5.96. The standard InChI is InChI=1S/C20H35N4O/c1-24(2)13-10-22(11-14-24)8-4-15-25-16-12-23-9-3-5-18-6-7-19(21)17-20(18)23/h6-7,17H,3-5,8-16,21H2,1-2H3/q+1. The fourth-order valence-electron chi connectivity index (χ4n) is 3.84. The predicted octanol–water partition coefficient (Wildman–Crippen LogP) is 1.82. The Kier molecular flexibility index (Phi) is 6.20. The van der Waals surface area contributed by atoms with Crippen LogP contribution in [-0.4, -0.2) is 82.5 Å². The molecule has 3 rings (SSSR count). The first-order valence-electron chi connectivity index (χ1n) is 9.79. The highest BCUT2D eigenvalue weighted by atomic mass is 16.5. The molecule has 2 aliphatic heterocycles. The molecule has 0 aliphatic carbocycles. The third-order valence-electron chi connectivity index (χ3n) is 5.64. The number of quaternary nitrogens is 1. The number of fused-ring (bicyclic) bond motifs is 1. The van der Waals surface area contributed by atoms with Crippen molar-refractivity contribution in [3.8, 4) is 0 Å². The summed E-state index contributed by atoms with van der Waals surface area (Å²) in [6, 6.07) is 6.31. The van der Waals surface area contributed by atoms with E-state index in [4.69, 9.17) is 10.5 Å². The Morgan fingerprint density at radius 1 is 1.08 bits per heavy atom. The number of likely N-dealkylation sites (N-methyl/N-ethyl adjacent to an activating group) is 1. The molecule has 0 atom stereocenters. The molecule has 1 fully saturated rings. The Morgan fingerprint density at radius 3 is 2.68 bits per heavy atom. The molecule has 1 aromatic carbocycles. The van der Waals surface area contributed by atoms with Crippen molar-refractivity contribution in [3.05, 3.63) is 23.8 Å². The summed E-state index contributed by atoms with van der Waals surface area (Å²) in [5, 5.41) is 0. The Hall–Kier alpha value is -1.30. The molecule has 25 heavy (non-hydrogen) atoms. The van der Waals surface area contributed by atoms with Crippen LogP contribution in [0.15, 0.2) is 18.2 Å². The van der Waals surface area contributed by atoms with Gasteiger partial charge in [-0.1, -0.05) is 6.07 Å². The normalized spacial score (nSPS) is 20.5. The van der Waals surface area contributed by atoms with Gasteiger partial charge in [-0.2, -0.15) is 0 Å². The lowest BCUT2D eigenvalue weighted by Gasteiger charge is -2.39. The summed E-state index contributed by atoms with van der Waals surface area (Å²) in [5.41, 5.74) is 9.55. The molecule has 5 nitrogen and oxygen atoms in total. The monoisotopic (exact) mass is 347 g/mol. The zero-order valence-corrected chi connectivity index (χ0v) is 16.0. The number of rotatable bonds is 7. The van der Waals surface area contributed by atoms with Crippen LogP contribution in [0.2, 0.25) is 0 Å². The maximum Gasteiger partial charge on any atom is 0.0912 e. The number of aryl methyl sites for hydroxylation is 1. The quantitative estimate of drug-likeness (QED) is 0.464. The largest absolute Gasteiger partial charge is 0.399 e. The zero-order chi connectivity index (χ0) is 17.7. The van der Waals surface area contributed by atoms with E-state index in [1.54, 1.807) is 0 Å². The average molecular weight is 348 g/mol. The van der Waals surface area contributed by atoms with E-state index in [0.29, 0.717) is 0 Å². The lowest BCUT2D eigenvalue weighted by atomic mass is 10.0. The lowest BCUT2D eigenvalue weighted by Crippen LogP contribution is -2.54. The molecule has 2 heterocycles. The second-order valence-corrected chi connectivity index (χ2v) is 8.17. The minimum atomic E-state index is 0.804. The molecule has 0 unspecified atom stereocenters. The van der Waals surface area contributed by atoms with Crippen LogP contribution in [0.5, 0.6) is 0 Å². The Bertz CT molecular complexity index is 551. The molecule has 0 bridgehead atoms. The van der Waals surface area contributed by atoms with Crippen LogP contribution >= 0.6 is 0 Å². The topological polar surface area (TPSA) is 41.7 Å². The van der Waals surface area contributed by atoms with Gasteiger partial charge in [0.2, 0.25) is 0 Å². The van der Waals surface area contributed by atoms with Crippen LogP contribution in [0.1, 0.15) is 18.4 Å². The molecule has 0 amide bonds. The highest BCUT2D eigenvalue weighted by Crippen LogP contribution is 2.28. The van der Waals surface area contributed by atoms with Crippen LogP contribution in [0.4, 0.5) is 11.4 Å². The molecular weight excluding hydrogens is 312 g/mol. The summed E-state index contributed by atoms with van der Waals surface area (Å²) in [7, 11) is 4.65. The third-order valence-corrected chi connectivity index (χ3v) is 5.64. The number of piperazine rings is 1. The number of hydrogen-bond donors (Lipinski definition) is 1. The minimum Gasteiger partial charge on any atom is -0.399 e. The molecule has 2 N–H and O–H groups in total. The fraction of sp³-hybridized carbons (Fsp3) is 0.700. The molecule has 140 valence electrons. The zero-order valence-electron chi connectivity index (χ0n) is 16.0. The summed E-state index contributed by atoms with van der Waals surface area (Å²) in [4.78, 5) is 5.01. The predicted molar refractivity (Wildman–Crippen MR) is 105 cm³/mol. The van der Waals surface area contributed by atoms with Crippen molar-refractivity contribution in [1.29, 1.82) is 0 Å². The van der Waals surface area contributed by atoms with E-state index in [0.717, 1.165) is 42.9 Å². The van der Waals surface area contributed by atoms with Gasteiger partial charge in [-0.25, -0.2) is 0 Å². The van der Waals surface area contributed by atoms with Crippen LogP contribution < -0.4 is 10.6 Å². The van der Waals surface area contributed by atoms with Crippen molar-refractivity contribution in [3.63, 3.8) is 0 Å². The van der Waals surface area contributed by atoms with E-state index in [1.807, 2.05) is 6.07 Å². The van der Waals surface area contributed by atoms with Crippen molar-refractivity contribution in [1.82, 2.24) is 4.90 Å². The van der Waals surface area contributed by atoms with E-state index >= 15 is 0 Å². The van der Waals surface area contributed by atoms with Crippen molar-refractivity contribution < 1.29 is 9.22 Å². The molecule has 0 spiro atoms. The molecule has 1 aromatic rings. The van der Waals surface area contributed by atoms with Gasteiger partial charge in [0.1, 0.15) is 0 Å². The molecule has 2 aliphatic rings. The summed E-state index contributed by atoms with van der Waals surface area (Å²) in [5.74, 6) is 0. The number of nitrogen functional groups attached to an aromatic ring is 1. The van der Waals surface area contributed by atoms with Gasteiger partial charge in [0.05, 0.1) is 33.8 Å². The number of benzene rings is 1. The summed E-state index contributed by atoms with van der Waals surface area (Å²) < 4.78 is 7.07. The molecule has 0 radical (unpaired) electrons. The Balaban J connectivity index is 1.32. The van der Waals surface area contributed by atoms with E-state index in [1.165, 1.54) is 56.8 Å². The first-order chi connectivity index (χ1) is 12.0. The van der Waals surface area contributed by atoms with Crippen molar-refractivity contribution in [2.45, 2.75) is 19.3 Å². The molecular formula is C20H35N4O+. The smallest absolute Gasteiger partial charge is 0.0912 e. The summed E-state index contributed by atoms with van der Waals surface area (Å²) in [6.07, 6.45) is 3.52. The molecule has 1 saturated heterocycles. The van der Waals surface area contributed by atoms with Gasteiger partial charge in [-0.15, -0.1) is 0 Å². The number of ether oxygens (including phenoxy) is 1. The summed E-state index contributed by atoms with van der Waals surface area (Å²) >= 11 is 0. The number of anilines is 2. The second-order valence-electron chi connectivity index (χ2n) is 8.17. The van der Waals surface area contributed by atoms with Crippen LogP contribution in [0, 0.1) is 0 Å². The van der Waals surface area contributed by atoms with Crippen LogP contribution in [-0.2, 0) is 11.2 Å². The Morgan fingerprint density at radius 2 is 1.88 bits per heavy atom. The molecule has 5 heteroatoms. The van der Waals surface area contributed by atoms with E-state index in [9.17, 15) is 0 Å². The van der Waals surface area contributed by atoms with Gasteiger partial charge in [-0.05, 0) is 37.0 Å². The average Bonchev–Trinajstić information content (AvgIpc) is 2.59. The van der Waals surface area contributed by atoms with Gasteiger partial charge in [-0.3, -0.25) is 4.90 Å². The van der Waals surface area contributed by atoms with Gasteiger partial charge >= 0.3 is 0 Å². The lowest BCUT2D eigenvalue weighted by molar-refractivity contribution is -0.894. The van der Waals surface area contributed by atoms with Crippen LogP contribution in [0.25, 0.3) is 0 Å². The highest BCUT2D eigenvalue weighted by Gasteiger charge is 2.23. The van der Waals surface area contributed by atoms with Crippen molar-refractivity contribution in [2.24, 2.45) is 0 Å². The Labute approximate surface area is 152 Å². The summed E-state index contributed by atoms with van der Waals surface area (Å²) in [6.45, 7) is 9.88. The van der Waals surface area contributed by atoms with Gasteiger partial charge < -0.3 is 19.9 Å². The van der Waals surface area contributed by atoms with Gasteiger partial charge in [0.15, 0.2) is 0 Å². The van der Waals surface area contributed by atoms with Crippen molar-refractivity contribution in [2.75, 3.05) is 83.8 Å². The fourth-order valence-corrected chi connectivity index (χ4v) is 3.84. The minimum absolute atomic E-state index is 0.804. The number of nitrogens with zero attached hydrogens (tertiary/aromatic N) is 3. The van der Waals surface area contributed by atoms with E-state index in [2.05, 4.69) is 36.0 Å². The number of hydrogen-bond acceptors (Lipinski definition) is 4. The van der Waals surface area contributed by atoms with Crippen LogP contribution in [0.3, 0.4) is 0 Å². The van der Waals surface area contributed by atoms with Crippen molar-refractivity contribution >= 4 is 11.4 Å². The highest BCUT2D eigenvalue weighted by molar-refractivity contribution is 5.62.